The van der Waals surface area contributed by atoms with Crippen LogP contribution < -0.4 is 5.32 Å². The maximum Gasteiger partial charge on any atom is 0.124 e. The van der Waals surface area contributed by atoms with E-state index in [1.54, 1.807) is 0 Å². The van der Waals surface area contributed by atoms with E-state index in [0.29, 0.717) is 13.0 Å². The SMILES string of the molecule is F[C@@H]1CN[C@H](c2nc(-c3ccc(Br)cc3)c[nH]2)C1. The Hall–Kier alpha value is -1.20. The second-order valence-electron chi connectivity index (χ2n) is 4.47. The smallest absolute Gasteiger partial charge is 0.124 e. The molecular formula is C13H13BrFN3. The molecule has 5 heteroatoms. The van der Waals surface area contributed by atoms with Gasteiger partial charge in [0.05, 0.1) is 11.7 Å². The minimum atomic E-state index is -0.767. The highest BCUT2D eigenvalue weighted by Gasteiger charge is 2.26. The Morgan fingerprint density at radius 3 is 2.72 bits per heavy atom. The zero-order chi connectivity index (χ0) is 12.5. The molecule has 2 atom stereocenters. The van der Waals surface area contributed by atoms with Crippen molar-refractivity contribution in [1.29, 1.82) is 0 Å². The van der Waals surface area contributed by atoms with Gasteiger partial charge in [-0.1, -0.05) is 28.1 Å². The van der Waals surface area contributed by atoms with Crippen LogP contribution in [0, 0.1) is 0 Å². The van der Waals surface area contributed by atoms with Crippen LogP contribution in [0.1, 0.15) is 18.3 Å². The first kappa shape index (κ1) is 11.9. The Morgan fingerprint density at radius 2 is 2.06 bits per heavy atom. The molecule has 1 aliphatic heterocycles. The summed E-state index contributed by atoms with van der Waals surface area (Å²) in [6, 6.07) is 7.97. The summed E-state index contributed by atoms with van der Waals surface area (Å²) >= 11 is 3.40. The maximum atomic E-state index is 13.1. The van der Waals surface area contributed by atoms with Gasteiger partial charge in [0, 0.05) is 29.2 Å². The zero-order valence-electron chi connectivity index (χ0n) is 9.66. The fourth-order valence-electron chi connectivity index (χ4n) is 2.18. The number of H-pyrrole nitrogens is 1. The maximum absolute atomic E-state index is 13.1. The molecule has 1 aromatic heterocycles. The van der Waals surface area contributed by atoms with Gasteiger partial charge in [0.25, 0.3) is 0 Å². The highest BCUT2D eigenvalue weighted by Crippen LogP contribution is 2.26. The zero-order valence-corrected chi connectivity index (χ0v) is 11.2. The van der Waals surface area contributed by atoms with Crippen molar-refractivity contribution in [3.8, 4) is 11.3 Å². The fraction of sp³-hybridized carbons (Fsp3) is 0.308. The van der Waals surface area contributed by atoms with Gasteiger partial charge in [-0.15, -0.1) is 0 Å². The number of rotatable bonds is 2. The van der Waals surface area contributed by atoms with Gasteiger partial charge in [0.15, 0.2) is 0 Å². The molecule has 18 heavy (non-hydrogen) atoms. The van der Waals surface area contributed by atoms with Crippen LogP contribution in [-0.2, 0) is 0 Å². The van der Waals surface area contributed by atoms with E-state index in [0.717, 1.165) is 21.6 Å². The number of alkyl halides is 1. The first-order valence-corrected chi connectivity index (χ1v) is 6.70. The quantitative estimate of drug-likeness (QED) is 0.894. The summed E-state index contributed by atoms with van der Waals surface area (Å²) in [4.78, 5) is 7.66. The molecule has 94 valence electrons. The molecule has 0 saturated carbocycles. The lowest BCUT2D eigenvalue weighted by atomic mass is 10.2. The Kier molecular flexibility index (Phi) is 3.18. The van der Waals surface area contributed by atoms with E-state index in [9.17, 15) is 4.39 Å². The molecule has 1 fully saturated rings. The number of imidazole rings is 1. The number of hydrogen-bond donors (Lipinski definition) is 2. The Labute approximate surface area is 113 Å². The Bertz CT molecular complexity index is 537. The molecule has 0 bridgehead atoms. The van der Waals surface area contributed by atoms with E-state index in [-0.39, 0.29) is 6.04 Å². The molecule has 2 heterocycles. The monoisotopic (exact) mass is 309 g/mol. The number of aromatic nitrogens is 2. The van der Waals surface area contributed by atoms with Crippen LogP contribution in [0.5, 0.6) is 0 Å². The molecule has 0 unspecified atom stereocenters. The number of hydrogen-bond acceptors (Lipinski definition) is 2. The molecular weight excluding hydrogens is 297 g/mol. The first-order valence-electron chi connectivity index (χ1n) is 5.91. The molecule has 1 saturated heterocycles. The number of halogens is 2. The van der Waals surface area contributed by atoms with Gasteiger partial charge in [-0.2, -0.15) is 0 Å². The van der Waals surface area contributed by atoms with Crippen LogP contribution in [0.15, 0.2) is 34.9 Å². The molecule has 0 aliphatic carbocycles. The lowest BCUT2D eigenvalue weighted by Crippen LogP contribution is -2.14. The van der Waals surface area contributed by atoms with Gasteiger partial charge in [-0.25, -0.2) is 9.37 Å². The van der Waals surface area contributed by atoms with Gasteiger partial charge in [-0.05, 0) is 12.1 Å². The Morgan fingerprint density at radius 1 is 1.28 bits per heavy atom. The predicted molar refractivity (Wildman–Crippen MR) is 72.0 cm³/mol. The molecule has 2 N–H and O–H groups in total. The number of nitrogens with one attached hydrogen (secondary N) is 2. The van der Waals surface area contributed by atoms with Gasteiger partial charge < -0.3 is 10.3 Å². The molecule has 0 spiro atoms. The van der Waals surface area contributed by atoms with Crippen molar-refractivity contribution < 1.29 is 4.39 Å². The van der Waals surface area contributed by atoms with Crippen LogP contribution in [-0.4, -0.2) is 22.7 Å². The molecule has 3 nitrogen and oxygen atoms in total. The average Bonchev–Trinajstić information content (AvgIpc) is 2.98. The van der Waals surface area contributed by atoms with Crippen molar-refractivity contribution in [2.24, 2.45) is 0 Å². The van der Waals surface area contributed by atoms with Crippen molar-refractivity contribution in [1.82, 2.24) is 15.3 Å². The molecule has 0 amide bonds. The van der Waals surface area contributed by atoms with Crippen molar-refractivity contribution in [3.63, 3.8) is 0 Å². The third-order valence-corrected chi connectivity index (χ3v) is 3.67. The minimum absolute atomic E-state index is 0.00389. The summed E-state index contributed by atoms with van der Waals surface area (Å²) in [5.41, 5.74) is 1.94. The molecule has 1 aliphatic rings. The fourth-order valence-corrected chi connectivity index (χ4v) is 2.45. The highest BCUT2D eigenvalue weighted by molar-refractivity contribution is 9.10. The van der Waals surface area contributed by atoms with E-state index in [1.165, 1.54) is 0 Å². The van der Waals surface area contributed by atoms with Crippen LogP contribution >= 0.6 is 15.9 Å². The van der Waals surface area contributed by atoms with Crippen LogP contribution in [0.3, 0.4) is 0 Å². The van der Waals surface area contributed by atoms with Crippen molar-refractivity contribution in [3.05, 3.63) is 40.8 Å². The van der Waals surface area contributed by atoms with Gasteiger partial charge in [0.2, 0.25) is 0 Å². The summed E-state index contributed by atoms with van der Waals surface area (Å²) in [7, 11) is 0. The number of aromatic amines is 1. The van der Waals surface area contributed by atoms with Crippen molar-refractivity contribution >= 4 is 15.9 Å². The first-order chi connectivity index (χ1) is 8.72. The van der Waals surface area contributed by atoms with E-state index >= 15 is 0 Å². The summed E-state index contributed by atoms with van der Waals surface area (Å²) in [5, 5.41) is 3.12. The van der Waals surface area contributed by atoms with Gasteiger partial charge in [0.1, 0.15) is 12.0 Å². The number of benzene rings is 1. The van der Waals surface area contributed by atoms with Crippen LogP contribution in [0.2, 0.25) is 0 Å². The lowest BCUT2D eigenvalue weighted by Gasteiger charge is -2.04. The Balaban J connectivity index is 1.83. The summed E-state index contributed by atoms with van der Waals surface area (Å²) < 4.78 is 14.2. The average molecular weight is 310 g/mol. The molecule has 1 aromatic carbocycles. The summed E-state index contributed by atoms with van der Waals surface area (Å²) in [5.74, 6) is 0.813. The van der Waals surface area contributed by atoms with E-state index in [2.05, 4.69) is 31.2 Å². The largest absolute Gasteiger partial charge is 0.347 e. The highest BCUT2D eigenvalue weighted by atomic mass is 79.9. The third kappa shape index (κ3) is 2.33. The standard InChI is InChI=1S/C13H13BrFN3/c14-9-3-1-8(2-4-9)12-7-17-13(18-12)11-5-10(15)6-16-11/h1-4,7,10-11,16H,5-6H2,(H,17,18)/t10-,11-/m0/s1. The van der Waals surface area contributed by atoms with E-state index in [1.807, 2.05) is 30.5 Å². The van der Waals surface area contributed by atoms with Gasteiger partial charge >= 0.3 is 0 Å². The van der Waals surface area contributed by atoms with E-state index < -0.39 is 6.17 Å². The van der Waals surface area contributed by atoms with Crippen LogP contribution in [0.25, 0.3) is 11.3 Å². The second-order valence-corrected chi connectivity index (χ2v) is 5.39. The molecule has 2 aromatic rings. The van der Waals surface area contributed by atoms with Crippen molar-refractivity contribution in [2.45, 2.75) is 18.6 Å². The predicted octanol–water partition coefficient (Wildman–Crippen LogP) is 3.21. The van der Waals surface area contributed by atoms with Gasteiger partial charge in [-0.3, -0.25) is 0 Å². The normalized spacial score (nSPS) is 23.4. The molecule has 0 radical (unpaired) electrons. The van der Waals surface area contributed by atoms with E-state index in [4.69, 9.17) is 0 Å². The van der Waals surface area contributed by atoms with Crippen LogP contribution in [0.4, 0.5) is 4.39 Å². The topological polar surface area (TPSA) is 40.7 Å². The lowest BCUT2D eigenvalue weighted by molar-refractivity contribution is 0.355. The number of nitrogens with zero attached hydrogens (tertiary/aromatic N) is 1. The molecule has 3 rings (SSSR count). The summed E-state index contributed by atoms with van der Waals surface area (Å²) in [6.07, 6.45) is 1.59. The van der Waals surface area contributed by atoms with Crippen molar-refractivity contribution in [2.75, 3.05) is 6.54 Å². The minimum Gasteiger partial charge on any atom is -0.347 e. The second kappa shape index (κ2) is 4.82. The summed E-state index contributed by atoms with van der Waals surface area (Å²) in [6.45, 7) is 0.416. The third-order valence-electron chi connectivity index (χ3n) is 3.14.